The summed E-state index contributed by atoms with van der Waals surface area (Å²) in [6, 6.07) is 11.5. The molecule has 0 saturated heterocycles. The zero-order chi connectivity index (χ0) is 17.3. The van der Waals surface area contributed by atoms with Crippen LogP contribution in [-0.2, 0) is 9.84 Å². The lowest BCUT2D eigenvalue weighted by Crippen LogP contribution is -2.12. The zero-order valence-corrected chi connectivity index (χ0v) is 14.9. The number of aromatic nitrogens is 1. The van der Waals surface area contributed by atoms with Crippen molar-refractivity contribution < 1.29 is 13.2 Å². The van der Waals surface area contributed by atoms with Gasteiger partial charge in [0.25, 0.3) is 5.91 Å². The lowest BCUT2D eigenvalue weighted by molar-refractivity contribution is 0.102. The monoisotopic (exact) mass is 360 g/mol. The maximum Gasteiger partial charge on any atom is 0.255 e. The zero-order valence-electron chi connectivity index (χ0n) is 13.2. The molecule has 7 heteroatoms. The summed E-state index contributed by atoms with van der Waals surface area (Å²) in [5, 5.41) is 3.80. The average Bonchev–Trinajstić information content (AvgIpc) is 2.94. The van der Waals surface area contributed by atoms with Crippen LogP contribution in [0.1, 0.15) is 22.3 Å². The Hall–Kier alpha value is -2.25. The molecule has 0 spiro atoms. The normalized spacial score (nSPS) is 11.6. The van der Waals surface area contributed by atoms with Crippen molar-refractivity contribution in [2.45, 2.75) is 18.7 Å². The molecule has 0 aliphatic rings. The number of nitrogens with one attached hydrogen (secondary N) is 1. The van der Waals surface area contributed by atoms with Crippen LogP contribution in [0.2, 0.25) is 0 Å². The molecule has 1 heterocycles. The Kier molecular flexibility index (Phi) is 4.38. The van der Waals surface area contributed by atoms with Gasteiger partial charge in [0.05, 0.1) is 25.9 Å². The van der Waals surface area contributed by atoms with Gasteiger partial charge in [0, 0.05) is 11.3 Å². The van der Waals surface area contributed by atoms with Crippen molar-refractivity contribution in [3.05, 3.63) is 53.0 Å². The van der Waals surface area contributed by atoms with Crippen LogP contribution in [0.15, 0.2) is 47.4 Å². The summed E-state index contributed by atoms with van der Waals surface area (Å²) in [6.07, 6.45) is 0. The highest BCUT2D eigenvalue weighted by molar-refractivity contribution is 7.91. The molecule has 0 atom stereocenters. The van der Waals surface area contributed by atoms with Crippen LogP contribution < -0.4 is 5.32 Å². The van der Waals surface area contributed by atoms with Crippen molar-refractivity contribution in [3.8, 4) is 0 Å². The van der Waals surface area contributed by atoms with Crippen LogP contribution in [0.4, 0.5) is 5.69 Å². The van der Waals surface area contributed by atoms with E-state index in [0.717, 1.165) is 15.2 Å². The van der Waals surface area contributed by atoms with E-state index in [9.17, 15) is 13.2 Å². The number of thiazole rings is 1. The van der Waals surface area contributed by atoms with Crippen molar-refractivity contribution in [1.29, 1.82) is 0 Å². The number of nitrogens with zero attached hydrogens (tertiary/aromatic N) is 1. The summed E-state index contributed by atoms with van der Waals surface area (Å²) in [6.45, 7) is 3.53. The standard InChI is InChI=1S/C17H16N2O3S2/c1-3-24(21,22)14-7-4-12(5-8-14)17(20)19-13-6-9-15-16(10-13)23-11(2)18-15/h4-10H,3H2,1-2H3,(H,19,20). The SMILES string of the molecule is CCS(=O)(=O)c1ccc(C(=O)Nc2ccc3nc(C)sc3c2)cc1. The van der Waals surface area contributed by atoms with Crippen LogP contribution >= 0.6 is 11.3 Å². The van der Waals surface area contributed by atoms with Crippen LogP contribution in [-0.4, -0.2) is 25.1 Å². The number of sulfone groups is 1. The molecule has 1 amide bonds. The van der Waals surface area contributed by atoms with E-state index in [1.807, 2.05) is 19.1 Å². The fourth-order valence-corrected chi connectivity index (χ4v) is 4.05. The van der Waals surface area contributed by atoms with Gasteiger partial charge in [0.2, 0.25) is 0 Å². The quantitative estimate of drug-likeness (QED) is 0.770. The Morgan fingerprint density at radius 2 is 1.88 bits per heavy atom. The molecular formula is C17H16N2O3S2. The van der Waals surface area contributed by atoms with Gasteiger partial charge in [0.15, 0.2) is 9.84 Å². The molecule has 2 aromatic carbocycles. The van der Waals surface area contributed by atoms with E-state index < -0.39 is 9.84 Å². The molecular weight excluding hydrogens is 344 g/mol. The number of anilines is 1. The number of rotatable bonds is 4. The lowest BCUT2D eigenvalue weighted by atomic mass is 10.2. The molecule has 3 rings (SSSR count). The highest BCUT2D eigenvalue weighted by atomic mass is 32.2. The van der Waals surface area contributed by atoms with E-state index in [-0.39, 0.29) is 16.6 Å². The second-order valence-corrected chi connectivity index (χ2v) is 8.81. The van der Waals surface area contributed by atoms with Gasteiger partial charge in [0.1, 0.15) is 0 Å². The molecule has 0 aliphatic heterocycles. The molecule has 5 nitrogen and oxygen atoms in total. The van der Waals surface area contributed by atoms with Crippen molar-refractivity contribution in [1.82, 2.24) is 4.98 Å². The van der Waals surface area contributed by atoms with Crippen LogP contribution in [0.3, 0.4) is 0 Å². The smallest absolute Gasteiger partial charge is 0.255 e. The van der Waals surface area contributed by atoms with Gasteiger partial charge in [-0.05, 0) is 49.4 Å². The highest BCUT2D eigenvalue weighted by Crippen LogP contribution is 2.25. The first-order chi connectivity index (χ1) is 11.4. The fourth-order valence-electron chi connectivity index (χ4n) is 2.30. The number of carbonyl (C=O) groups excluding carboxylic acids is 1. The van der Waals surface area contributed by atoms with E-state index in [2.05, 4.69) is 10.3 Å². The van der Waals surface area contributed by atoms with E-state index in [0.29, 0.717) is 11.3 Å². The number of fused-ring (bicyclic) bond motifs is 1. The van der Waals surface area contributed by atoms with E-state index in [4.69, 9.17) is 0 Å². The van der Waals surface area contributed by atoms with Gasteiger partial charge >= 0.3 is 0 Å². The molecule has 0 fully saturated rings. The summed E-state index contributed by atoms with van der Waals surface area (Å²) in [7, 11) is -3.26. The van der Waals surface area contributed by atoms with Gasteiger partial charge < -0.3 is 5.32 Å². The van der Waals surface area contributed by atoms with E-state index >= 15 is 0 Å². The average molecular weight is 360 g/mol. The van der Waals surface area contributed by atoms with Crippen LogP contribution in [0.5, 0.6) is 0 Å². The van der Waals surface area contributed by atoms with Crippen molar-refractivity contribution in [2.75, 3.05) is 11.1 Å². The lowest BCUT2D eigenvalue weighted by Gasteiger charge is -2.06. The van der Waals surface area contributed by atoms with Crippen LogP contribution in [0, 0.1) is 6.92 Å². The minimum atomic E-state index is -3.26. The third-order valence-electron chi connectivity index (χ3n) is 3.61. The van der Waals surface area contributed by atoms with Gasteiger partial charge in [-0.1, -0.05) is 6.92 Å². The van der Waals surface area contributed by atoms with Crippen LogP contribution in [0.25, 0.3) is 10.2 Å². The second kappa shape index (κ2) is 6.33. The largest absolute Gasteiger partial charge is 0.322 e. The molecule has 3 aromatic rings. The molecule has 0 bridgehead atoms. The predicted molar refractivity (Wildman–Crippen MR) is 96.5 cm³/mol. The first kappa shape index (κ1) is 16.6. The number of hydrogen-bond acceptors (Lipinski definition) is 5. The summed E-state index contributed by atoms with van der Waals surface area (Å²) in [4.78, 5) is 16.9. The molecule has 0 saturated carbocycles. The summed E-state index contributed by atoms with van der Waals surface area (Å²) >= 11 is 1.57. The Bertz CT molecular complexity index is 1010. The first-order valence-corrected chi connectivity index (χ1v) is 9.87. The first-order valence-electron chi connectivity index (χ1n) is 7.40. The molecule has 1 N–H and O–H groups in total. The molecule has 1 aromatic heterocycles. The molecule has 0 aliphatic carbocycles. The maximum absolute atomic E-state index is 12.3. The summed E-state index contributed by atoms with van der Waals surface area (Å²) < 4.78 is 24.6. The minimum absolute atomic E-state index is 0.0345. The highest BCUT2D eigenvalue weighted by Gasteiger charge is 2.13. The number of carbonyl (C=O) groups is 1. The Balaban J connectivity index is 1.80. The van der Waals surface area contributed by atoms with Crippen molar-refractivity contribution in [3.63, 3.8) is 0 Å². The molecule has 0 radical (unpaired) electrons. The Morgan fingerprint density at radius 3 is 2.54 bits per heavy atom. The number of hydrogen-bond donors (Lipinski definition) is 1. The Morgan fingerprint density at radius 1 is 1.17 bits per heavy atom. The topological polar surface area (TPSA) is 76.1 Å². The van der Waals surface area contributed by atoms with Gasteiger partial charge in [-0.25, -0.2) is 13.4 Å². The number of amides is 1. The van der Waals surface area contributed by atoms with Crippen molar-refractivity contribution in [2.24, 2.45) is 0 Å². The molecule has 124 valence electrons. The molecule has 24 heavy (non-hydrogen) atoms. The van der Waals surface area contributed by atoms with Gasteiger partial charge in [-0.3, -0.25) is 4.79 Å². The number of aryl methyl sites for hydroxylation is 1. The number of benzene rings is 2. The summed E-state index contributed by atoms with van der Waals surface area (Å²) in [5.74, 6) is -0.247. The fraction of sp³-hybridized carbons (Fsp3) is 0.176. The summed E-state index contributed by atoms with van der Waals surface area (Å²) in [5.41, 5.74) is 2.00. The minimum Gasteiger partial charge on any atom is -0.322 e. The Labute approximate surface area is 144 Å². The third-order valence-corrected chi connectivity index (χ3v) is 6.29. The van der Waals surface area contributed by atoms with E-state index in [1.165, 1.54) is 24.3 Å². The second-order valence-electron chi connectivity index (χ2n) is 5.30. The van der Waals surface area contributed by atoms with Gasteiger partial charge in [-0.2, -0.15) is 0 Å². The predicted octanol–water partition coefficient (Wildman–Crippen LogP) is 3.65. The maximum atomic E-state index is 12.3. The third kappa shape index (κ3) is 3.32. The van der Waals surface area contributed by atoms with Crippen molar-refractivity contribution >= 4 is 43.0 Å². The van der Waals surface area contributed by atoms with E-state index in [1.54, 1.807) is 24.3 Å². The van der Waals surface area contributed by atoms with Gasteiger partial charge in [-0.15, -0.1) is 11.3 Å². The molecule has 0 unspecified atom stereocenters.